The van der Waals surface area contributed by atoms with E-state index < -0.39 is 0 Å². The van der Waals surface area contributed by atoms with E-state index in [9.17, 15) is 4.79 Å². The second kappa shape index (κ2) is 3.49. The van der Waals surface area contributed by atoms with E-state index in [1.165, 1.54) is 4.68 Å². The van der Waals surface area contributed by atoms with E-state index in [4.69, 9.17) is 0 Å². The molecule has 0 aliphatic carbocycles. The monoisotopic (exact) mass is 189 g/mol. The van der Waals surface area contributed by atoms with Gasteiger partial charge in [-0.15, -0.1) is 0 Å². The van der Waals surface area contributed by atoms with Crippen molar-refractivity contribution in [1.82, 2.24) is 14.8 Å². The van der Waals surface area contributed by atoms with Crippen molar-refractivity contribution in [3.05, 3.63) is 46.5 Å². The summed E-state index contributed by atoms with van der Waals surface area (Å²) in [6.07, 6.45) is 2.48. The number of rotatable bonds is 2. The molecule has 0 fully saturated rings. The quantitative estimate of drug-likeness (QED) is 0.769. The lowest BCUT2D eigenvalue weighted by Crippen LogP contribution is -2.14. The molecule has 0 aliphatic heterocycles. The SMILES string of the molecule is CCc1cc(=O)n(-c2ccccn2)[nH]1. The van der Waals surface area contributed by atoms with Gasteiger partial charge < -0.3 is 0 Å². The number of pyridine rings is 1. The van der Waals surface area contributed by atoms with Crippen LogP contribution in [0.2, 0.25) is 0 Å². The van der Waals surface area contributed by atoms with Crippen LogP contribution in [0.3, 0.4) is 0 Å². The molecule has 0 unspecified atom stereocenters. The first-order valence-corrected chi connectivity index (χ1v) is 4.53. The van der Waals surface area contributed by atoms with Crippen LogP contribution < -0.4 is 5.56 Å². The first-order chi connectivity index (χ1) is 6.81. The van der Waals surface area contributed by atoms with Crippen LogP contribution in [-0.2, 0) is 6.42 Å². The zero-order chi connectivity index (χ0) is 9.97. The van der Waals surface area contributed by atoms with Crippen molar-refractivity contribution < 1.29 is 0 Å². The van der Waals surface area contributed by atoms with Crippen LogP contribution in [0.25, 0.3) is 5.82 Å². The van der Waals surface area contributed by atoms with Crippen LogP contribution in [0, 0.1) is 0 Å². The first kappa shape index (κ1) is 8.74. The molecule has 72 valence electrons. The molecule has 2 aromatic heterocycles. The zero-order valence-corrected chi connectivity index (χ0v) is 7.90. The average Bonchev–Trinajstić information content (AvgIpc) is 2.61. The molecule has 4 heteroatoms. The summed E-state index contributed by atoms with van der Waals surface area (Å²) in [4.78, 5) is 15.6. The minimum atomic E-state index is -0.0689. The molecule has 14 heavy (non-hydrogen) atoms. The van der Waals surface area contributed by atoms with Gasteiger partial charge in [0.2, 0.25) is 0 Å². The zero-order valence-electron chi connectivity index (χ0n) is 7.90. The Kier molecular flexibility index (Phi) is 2.18. The number of aryl methyl sites for hydroxylation is 1. The first-order valence-electron chi connectivity index (χ1n) is 4.53. The maximum absolute atomic E-state index is 11.5. The standard InChI is InChI=1S/C10H11N3O/c1-2-8-7-10(14)13(12-8)9-5-3-4-6-11-9/h3-7,12H,2H2,1H3. The summed E-state index contributed by atoms with van der Waals surface area (Å²) in [6.45, 7) is 1.99. The van der Waals surface area contributed by atoms with Crippen molar-refractivity contribution in [3.63, 3.8) is 0 Å². The van der Waals surface area contributed by atoms with Crippen LogP contribution in [0.4, 0.5) is 0 Å². The van der Waals surface area contributed by atoms with Gasteiger partial charge in [-0.2, -0.15) is 0 Å². The van der Waals surface area contributed by atoms with Crippen LogP contribution in [0.5, 0.6) is 0 Å². The van der Waals surface area contributed by atoms with Crippen molar-refractivity contribution in [3.8, 4) is 5.82 Å². The molecular weight excluding hydrogens is 178 g/mol. The van der Waals surface area contributed by atoms with Gasteiger partial charge in [-0.05, 0) is 18.6 Å². The molecule has 0 saturated heterocycles. The highest BCUT2D eigenvalue weighted by Gasteiger charge is 2.03. The number of H-pyrrole nitrogens is 1. The number of aromatic nitrogens is 3. The van der Waals surface area contributed by atoms with Crippen molar-refractivity contribution >= 4 is 0 Å². The van der Waals surface area contributed by atoms with Gasteiger partial charge in [0.1, 0.15) is 0 Å². The molecule has 0 spiro atoms. The molecular formula is C10H11N3O. The number of nitrogens with zero attached hydrogens (tertiary/aromatic N) is 2. The smallest absolute Gasteiger partial charge is 0.272 e. The van der Waals surface area contributed by atoms with E-state index >= 15 is 0 Å². The highest BCUT2D eigenvalue weighted by atomic mass is 16.1. The summed E-state index contributed by atoms with van der Waals surface area (Å²) < 4.78 is 1.44. The number of nitrogens with one attached hydrogen (secondary N) is 1. The molecule has 2 rings (SSSR count). The molecule has 2 aromatic rings. The number of hydrogen-bond donors (Lipinski definition) is 1. The summed E-state index contributed by atoms with van der Waals surface area (Å²) in [5, 5.41) is 2.99. The maximum Gasteiger partial charge on any atom is 0.272 e. The lowest BCUT2D eigenvalue weighted by molar-refractivity contribution is 0.794. The molecule has 2 heterocycles. The molecule has 0 aromatic carbocycles. The van der Waals surface area contributed by atoms with E-state index in [2.05, 4.69) is 10.1 Å². The number of aromatic amines is 1. The topological polar surface area (TPSA) is 50.7 Å². The van der Waals surface area contributed by atoms with Crippen molar-refractivity contribution in [2.75, 3.05) is 0 Å². The van der Waals surface area contributed by atoms with Crippen molar-refractivity contribution in [1.29, 1.82) is 0 Å². The summed E-state index contributed by atoms with van der Waals surface area (Å²) in [6, 6.07) is 7.05. The van der Waals surface area contributed by atoms with Crippen LogP contribution in [0.1, 0.15) is 12.6 Å². The Morgan fingerprint density at radius 1 is 1.50 bits per heavy atom. The van der Waals surface area contributed by atoms with Gasteiger partial charge in [-0.3, -0.25) is 9.89 Å². The van der Waals surface area contributed by atoms with E-state index in [1.54, 1.807) is 18.3 Å². The average molecular weight is 189 g/mol. The Hall–Kier alpha value is -1.84. The minimum Gasteiger partial charge on any atom is -0.294 e. The number of hydrogen-bond acceptors (Lipinski definition) is 2. The highest BCUT2D eigenvalue weighted by molar-refractivity contribution is 5.21. The molecule has 4 nitrogen and oxygen atoms in total. The molecule has 0 atom stereocenters. The Bertz CT molecular complexity index is 470. The summed E-state index contributed by atoms with van der Waals surface area (Å²) in [5.41, 5.74) is 0.848. The van der Waals surface area contributed by atoms with Gasteiger partial charge in [-0.1, -0.05) is 13.0 Å². The van der Waals surface area contributed by atoms with Crippen molar-refractivity contribution in [2.24, 2.45) is 0 Å². The van der Waals surface area contributed by atoms with Gasteiger partial charge in [-0.25, -0.2) is 9.67 Å². The maximum atomic E-state index is 11.5. The lowest BCUT2D eigenvalue weighted by atomic mass is 10.3. The second-order valence-electron chi connectivity index (χ2n) is 3.00. The molecule has 1 N–H and O–H groups in total. The van der Waals surface area contributed by atoms with Crippen LogP contribution in [-0.4, -0.2) is 14.8 Å². The third kappa shape index (κ3) is 1.46. The van der Waals surface area contributed by atoms with E-state index in [1.807, 2.05) is 19.1 Å². The predicted molar refractivity (Wildman–Crippen MR) is 53.6 cm³/mol. The highest BCUT2D eigenvalue weighted by Crippen LogP contribution is 1.99. The third-order valence-corrected chi connectivity index (χ3v) is 2.03. The van der Waals surface area contributed by atoms with Gasteiger partial charge in [0.05, 0.1) is 0 Å². The van der Waals surface area contributed by atoms with Gasteiger partial charge >= 0.3 is 0 Å². The van der Waals surface area contributed by atoms with E-state index in [-0.39, 0.29) is 5.56 Å². The summed E-state index contributed by atoms with van der Waals surface area (Å²) in [5.74, 6) is 0.622. The summed E-state index contributed by atoms with van der Waals surface area (Å²) >= 11 is 0. The largest absolute Gasteiger partial charge is 0.294 e. The fourth-order valence-corrected chi connectivity index (χ4v) is 1.28. The van der Waals surface area contributed by atoms with Gasteiger partial charge in [0.15, 0.2) is 5.82 Å². The fraction of sp³-hybridized carbons (Fsp3) is 0.200. The van der Waals surface area contributed by atoms with Gasteiger partial charge in [0.25, 0.3) is 5.56 Å². The minimum absolute atomic E-state index is 0.0689. The molecule has 0 bridgehead atoms. The fourth-order valence-electron chi connectivity index (χ4n) is 1.28. The summed E-state index contributed by atoms with van der Waals surface area (Å²) in [7, 11) is 0. The molecule has 0 aliphatic rings. The Morgan fingerprint density at radius 3 is 2.93 bits per heavy atom. The predicted octanol–water partition coefficient (Wildman–Crippen LogP) is 1.12. The Labute approximate surface area is 81.2 Å². The molecule has 0 radical (unpaired) electrons. The Morgan fingerprint density at radius 2 is 2.36 bits per heavy atom. The van der Waals surface area contributed by atoms with E-state index in [0.29, 0.717) is 5.82 Å². The van der Waals surface area contributed by atoms with E-state index in [0.717, 1.165) is 12.1 Å². The van der Waals surface area contributed by atoms with Crippen LogP contribution >= 0.6 is 0 Å². The van der Waals surface area contributed by atoms with Crippen LogP contribution in [0.15, 0.2) is 35.3 Å². The molecule has 0 saturated carbocycles. The lowest BCUT2D eigenvalue weighted by Gasteiger charge is -1.98. The third-order valence-electron chi connectivity index (χ3n) is 2.03. The normalized spacial score (nSPS) is 10.4. The second-order valence-corrected chi connectivity index (χ2v) is 3.00. The molecule has 0 amide bonds. The Balaban J connectivity index is 2.52. The van der Waals surface area contributed by atoms with Gasteiger partial charge in [0, 0.05) is 18.0 Å². The van der Waals surface area contributed by atoms with Crippen molar-refractivity contribution in [2.45, 2.75) is 13.3 Å².